The second kappa shape index (κ2) is 5.52. The molecule has 0 aromatic heterocycles. The maximum Gasteiger partial charge on any atom is 0.235 e. The van der Waals surface area contributed by atoms with Crippen molar-refractivity contribution in [3.05, 3.63) is 59.7 Å². The second-order valence-corrected chi connectivity index (χ2v) is 6.90. The van der Waals surface area contributed by atoms with Crippen molar-refractivity contribution in [3.8, 4) is 11.1 Å². The molecule has 0 atom stereocenters. The van der Waals surface area contributed by atoms with Crippen molar-refractivity contribution in [3.63, 3.8) is 0 Å². The van der Waals surface area contributed by atoms with Gasteiger partial charge in [0.1, 0.15) is 5.41 Å². The first-order valence-corrected chi connectivity index (χ1v) is 8.75. The molecule has 1 amide bonds. The van der Waals surface area contributed by atoms with Gasteiger partial charge >= 0.3 is 0 Å². The molecule has 0 spiro atoms. The van der Waals surface area contributed by atoms with Crippen LogP contribution in [-0.2, 0) is 10.2 Å². The monoisotopic (exact) mass is 305 g/mol. The molecule has 1 saturated carbocycles. The number of carbonyl (C=O) groups is 1. The van der Waals surface area contributed by atoms with Gasteiger partial charge in [-0.15, -0.1) is 0 Å². The number of amides is 1. The van der Waals surface area contributed by atoms with Crippen molar-refractivity contribution in [2.75, 3.05) is 6.54 Å². The number of carbonyl (C=O) groups excluding carboxylic acids is 1. The number of hydrogen-bond donors (Lipinski definition) is 1. The fraction of sp³-hybridized carbons (Fsp3) is 0.381. The maximum absolute atomic E-state index is 13.3. The van der Waals surface area contributed by atoms with Gasteiger partial charge in [0.15, 0.2) is 0 Å². The molecule has 0 radical (unpaired) electrons. The Kier molecular flexibility index (Phi) is 3.48. The third kappa shape index (κ3) is 2.20. The van der Waals surface area contributed by atoms with Gasteiger partial charge in [-0.3, -0.25) is 4.79 Å². The quantitative estimate of drug-likeness (QED) is 0.877. The van der Waals surface area contributed by atoms with Crippen molar-refractivity contribution in [2.24, 2.45) is 5.92 Å². The number of nitrogens with one attached hydrogen (secondary N) is 1. The first-order valence-electron chi connectivity index (χ1n) is 8.75. The van der Waals surface area contributed by atoms with Crippen LogP contribution in [-0.4, -0.2) is 12.5 Å². The zero-order chi connectivity index (χ0) is 15.9. The van der Waals surface area contributed by atoms with Gasteiger partial charge in [-0.1, -0.05) is 61.9 Å². The van der Waals surface area contributed by atoms with Crippen LogP contribution >= 0.6 is 0 Å². The van der Waals surface area contributed by atoms with Crippen LogP contribution in [0.15, 0.2) is 48.5 Å². The van der Waals surface area contributed by atoms with Crippen LogP contribution in [0.4, 0.5) is 0 Å². The summed E-state index contributed by atoms with van der Waals surface area (Å²) in [7, 11) is 0. The van der Waals surface area contributed by atoms with E-state index in [0.717, 1.165) is 19.4 Å². The zero-order valence-corrected chi connectivity index (χ0v) is 13.6. The van der Waals surface area contributed by atoms with E-state index in [2.05, 4.69) is 60.8 Å². The highest BCUT2D eigenvalue weighted by Crippen LogP contribution is 2.51. The molecule has 2 nitrogen and oxygen atoms in total. The van der Waals surface area contributed by atoms with Gasteiger partial charge in [0.05, 0.1) is 0 Å². The van der Waals surface area contributed by atoms with Crippen LogP contribution in [0.5, 0.6) is 0 Å². The van der Waals surface area contributed by atoms with Crippen molar-refractivity contribution >= 4 is 5.91 Å². The second-order valence-electron chi connectivity index (χ2n) is 6.90. The Morgan fingerprint density at radius 2 is 1.61 bits per heavy atom. The van der Waals surface area contributed by atoms with Gasteiger partial charge in [0.25, 0.3) is 0 Å². The summed E-state index contributed by atoms with van der Waals surface area (Å²) in [6, 6.07) is 16.8. The van der Waals surface area contributed by atoms with Gasteiger partial charge in [-0.2, -0.15) is 0 Å². The summed E-state index contributed by atoms with van der Waals surface area (Å²) < 4.78 is 0. The lowest BCUT2D eigenvalue weighted by Gasteiger charge is -2.30. The highest BCUT2D eigenvalue weighted by atomic mass is 16.2. The molecule has 0 bridgehead atoms. The molecule has 0 saturated heterocycles. The molecular formula is C21H23NO. The lowest BCUT2D eigenvalue weighted by Crippen LogP contribution is -2.44. The smallest absolute Gasteiger partial charge is 0.235 e. The average molecular weight is 305 g/mol. The fourth-order valence-corrected chi connectivity index (χ4v) is 4.04. The molecule has 0 unspecified atom stereocenters. The summed E-state index contributed by atoms with van der Waals surface area (Å²) in [5.41, 5.74) is 4.28. The summed E-state index contributed by atoms with van der Waals surface area (Å²) in [6.45, 7) is 2.99. The predicted molar refractivity (Wildman–Crippen MR) is 93.3 cm³/mol. The Balaban J connectivity index is 1.85. The molecule has 2 aliphatic rings. The average Bonchev–Trinajstić information content (AvgIpc) is 3.38. The minimum atomic E-state index is -0.517. The fourth-order valence-electron chi connectivity index (χ4n) is 4.04. The van der Waals surface area contributed by atoms with Crippen LogP contribution in [0.25, 0.3) is 11.1 Å². The Morgan fingerprint density at radius 1 is 1.04 bits per heavy atom. The Hall–Kier alpha value is -2.09. The van der Waals surface area contributed by atoms with E-state index < -0.39 is 5.41 Å². The molecular weight excluding hydrogens is 282 g/mol. The molecule has 4 rings (SSSR count). The van der Waals surface area contributed by atoms with Gasteiger partial charge in [-0.05, 0) is 47.4 Å². The first-order chi connectivity index (χ1) is 11.3. The van der Waals surface area contributed by atoms with Gasteiger partial charge in [0, 0.05) is 6.54 Å². The van der Waals surface area contributed by atoms with E-state index in [9.17, 15) is 4.79 Å². The van der Waals surface area contributed by atoms with Gasteiger partial charge in [0.2, 0.25) is 5.91 Å². The maximum atomic E-state index is 13.3. The zero-order valence-electron chi connectivity index (χ0n) is 13.6. The van der Waals surface area contributed by atoms with Crippen molar-refractivity contribution in [2.45, 2.75) is 38.0 Å². The van der Waals surface area contributed by atoms with E-state index in [1.165, 1.54) is 35.1 Å². The topological polar surface area (TPSA) is 29.1 Å². The van der Waals surface area contributed by atoms with Crippen LogP contribution in [0, 0.1) is 5.92 Å². The van der Waals surface area contributed by atoms with Crippen molar-refractivity contribution < 1.29 is 4.79 Å². The lowest BCUT2D eigenvalue weighted by atomic mass is 9.74. The molecule has 1 fully saturated rings. The van der Waals surface area contributed by atoms with Gasteiger partial charge in [-0.25, -0.2) is 0 Å². The summed E-state index contributed by atoms with van der Waals surface area (Å²) in [5, 5.41) is 3.26. The first kappa shape index (κ1) is 14.5. The van der Waals surface area contributed by atoms with Crippen LogP contribution < -0.4 is 5.32 Å². The summed E-state index contributed by atoms with van der Waals surface area (Å²) in [4.78, 5) is 13.3. The molecule has 1 N–H and O–H groups in total. The summed E-state index contributed by atoms with van der Waals surface area (Å²) in [5.74, 6) is 0.883. The van der Waals surface area contributed by atoms with Crippen molar-refractivity contribution in [1.29, 1.82) is 0 Å². The van der Waals surface area contributed by atoms with Crippen molar-refractivity contribution in [1.82, 2.24) is 5.32 Å². The number of fused-ring (bicyclic) bond motifs is 3. The summed E-state index contributed by atoms with van der Waals surface area (Å²) >= 11 is 0. The summed E-state index contributed by atoms with van der Waals surface area (Å²) in [6.07, 6.45) is 4.36. The van der Waals surface area contributed by atoms with Crippen LogP contribution in [0.2, 0.25) is 0 Å². The van der Waals surface area contributed by atoms with Crippen LogP contribution in [0.1, 0.15) is 43.7 Å². The molecule has 118 valence electrons. The van der Waals surface area contributed by atoms with Crippen LogP contribution in [0.3, 0.4) is 0 Å². The highest BCUT2D eigenvalue weighted by Gasteiger charge is 2.48. The van der Waals surface area contributed by atoms with E-state index in [-0.39, 0.29) is 5.91 Å². The molecule has 2 aromatic carbocycles. The number of hydrogen-bond acceptors (Lipinski definition) is 1. The highest BCUT2D eigenvalue weighted by molar-refractivity contribution is 6.00. The van der Waals surface area contributed by atoms with E-state index >= 15 is 0 Å². The van der Waals surface area contributed by atoms with E-state index in [4.69, 9.17) is 0 Å². The SMILES string of the molecule is CCCC1(C(=O)NCC2CC2)c2ccccc2-c2ccccc21. The van der Waals surface area contributed by atoms with E-state index in [0.29, 0.717) is 5.92 Å². The standard InChI is InChI=1S/C21H23NO/c1-2-13-21(20(23)22-14-15-11-12-15)18-9-5-3-7-16(18)17-8-4-6-10-19(17)21/h3-10,15H,2,11-14H2,1H3,(H,22,23). The minimum Gasteiger partial charge on any atom is -0.355 e. The predicted octanol–water partition coefficient (Wildman–Crippen LogP) is 4.28. The Morgan fingerprint density at radius 3 is 2.13 bits per heavy atom. The third-order valence-corrected chi connectivity index (χ3v) is 5.32. The third-order valence-electron chi connectivity index (χ3n) is 5.32. The molecule has 2 aromatic rings. The molecule has 23 heavy (non-hydrogen) atoms. The molecule has 0 aliphatic heterocycles. The molecule has 0 heterocycles. The molecule has 2 heteroatoms. The van der Waals surface area contributed by atoms with E-state index in [1.807, 2.05) is 0 Å². The number of rotatable bonds is 5. The molecule has 2 aliphatic carbocycles. The lowest BCUT2D eigenvalue weighted by molar-refractivity contribution is -0.125. The van der Waals surface area contributed by atoms with E-state index in [1.54, 1.807) is 0 Å². The number of benzene rings is 2. The minimum absolute atomic E-state index is 0.184. The normalized spacial score (nSPS) is 17.4. The van der Waals surface area contributed by atoms with Gasteiger partial charge < -0.3 is 5.32 Å². The Labute approximate surface area is 137 Å². The Bertz CT molecular complexity index is 700. The largest absolute Gasteiger partial charge is 0.355 e.